The van der Waals surface area contributed by atoms with Crippen LogP contribution in [0.15, 0.2) is 0 Å². The number of carboxylic acids is 1. The van der Waals surface area contributed by atoms with Crippen LogP contribution in [0.5, 0.6) is 0 Å². The highest BCUT2D eigenvalue weighted by Crippen LogP contribution is 2.19. The summed E-state index contributed by atoms with van der Waals surface area (Å²) in [5.41, 5.74) is 0. The monoisotopic (exact) mass is 228 g/mol. The summed E-state index contributed by atoms with van der Waals surface area (Å²) < 4.78 is 4.88. The smallest absolute Gasteiger partial charge is 0.407 e. The first-order valence-corrected chi connectivity index (χ1v) is 5.01. The van der Waals surface area contributed by atoms with Crippen molar-refractivity contribution in [2.24, 2.45) is 5.92 Å². The van der Waals surface area contributed by atoms with E-state index in [1.54, 1.807) is 0 Å². The quantitative estimate of drug-likeness (QED) is 0.647. The number of hydrogen-bond acceptors (Lipinski definition) is 4. The Balaban J connectivity index is 1.89. The van der Waals surface area contributed by atoms with Gasteiger partial charge in [-0.2, -0.15) is 0 Å². The molecule has 0 aliphatic carbocycles. The normalized spacial score (nSPS) is 29.1. The van der Waals surface area contributed by atoms with E-state index in [1.807, 2.05) is 0 Å². The molecule has 0 aromatic heterocycles. The number of aliphatic carboxylic acids is 1. The Morgan fingerprint density at radius 2 is 2.31 bits per heavy atom. The number of amides is 2. The van der Waals surface area contributed by atoms with E-state index < -0.39 is 18.0 Å². The summed E-state index contributed by atoms with van der Waals surface area (Å²) in [7, 11) is 0. The number of cyclic esters (lactones) is 1. The Bertz CT molecular complexity index is 343. The molecule has 2 unspecified atom stereocenters. The van der Waals surface area contributed by atoms with Crippen LogP contribution in [0.2, 0.25) is 0 Å². The van der Waals surface area contributed by atoms with Gasteiger partial charge in [-0.15, -0.1) is 0 Å². The first-order valence-electron chi connectivity index (χ1n) is 5.01. The fraction of sp³-hybridized carbons (Fsp3) is 0.667. The summed E-state index contributed by atoms with van der Waals surface area (Å²) in [6, 6.07) is 0. The van der Waals surface area contributed by atoms with E-state index in [0.717, 1.165) is 0 Å². The highest BCUT2D eigenvalue weighted by atomic mass is 16.6. The average Bonchev–Trinajstić information content (AvgIpc) is 2.75. The minimum Gasteiger partial charge on any atom is -0.481 e. The van der Waals surface area contributed by atoms with Crippen molar-refractivity contribution < 1.29 is 24.2 Å². The maximum atomic E-state index is 11.5. The van der Waals surface area contributed by atoms with Crippen molar-refractivity contribution in [1.29, 1.82) is 0 Å². The predicted octanol–water partition coefficient (Wildman–Crippen LogP) is -0.972. The maximum Gasteiger partial charge on any atom is 0.407 e. The van der Waals surface area contributed by atoms with Gasteiger partial charge >= 0.3 is 12.1 Å². The van der Waals surface area contributed by atoms with Crippen LogP contribution in [0.3, 0.4) is 0 Å². The van der Waals surface area contributed by atoms with Gasteiger partial charge in [0.1, 0.15) is 6.10 Å². The molecule has 7 nitrogen and oxygen atoms in total. The van der Waals surface area contributed by atoms with E-state index in [1.165, 1.54) is 4.90 Å². The fourth-order valence-corrected chi connectivity index (χ4v) is 1.89. The zero-order chi connectivity index (χ0) is 11.7. The summed E-state index contributed by atoms with van der Waals surface area (Å²) in [5, 5.41) is 11.3. The first-order chi connectivity index (χ1) is 7.56. The SMILES string of the molecule is O=C1NCC(CN2CC(C(=O)O)CC2=O)O1. The molecule has 2 amide bonds. The van der Waals surface area contributed by atoms with E-state index in [9.17, 15) is 14.4 Å². The minimum absolute atomic E-state index is 0.0312. The molecule has 2 fully saturated rings. The lowest BCUT2D eigenvalue weighted by atomic mass is 10.1. The number of nitrogens with zero attached hydrogens (tertiary/aromatic N) is 1. The standard InChI is InChI=1S/C9H12N2O5/c12-7-1-5(8(13)14)3-11(7)4-6-2-10-9(15)16-6/h5-6H,1-4H2,(H,10,15)(H,13,14). The van der Waals surface area contributed by atoms with Crippen molar-refractivity contribution in [2.45, 2.75) is 12.5 Å². The molecule has 0 bridgehead atoms. The van der Waals surface area contributed by atoms with E-state index >= 15 is 0 Å². The molecule has 2 atom stereocenters. The highest BCUT2D eigenvalue weighted by Gasteiger charge is 2.36. The second-order valence-electron chi connectivity index (χ2n) is 3.95. The lowest BCUT2D eigenvalue weighted by Crippen LogP contribution is -2.35. The van der Waals surface area contributed by atoms with E-state index in [4.69, 9.17) is 9.84 Å². The molecule has 2 aliphatic rings. The van der Waals surface area contributed by atoms with Crippen LogP contribution in [0.4, 0.5) is 4.79 Å². The summed E-state index contributed by atoms with van der Waals surface area (Å²) >= 11 is 0. The molecule has 2 aliphatic heterocycles. The van der Waals surface area contributed by atoms with E-state index in [0.29, 0.717) is 6.54 Å². The summed E-state index contributed by atoms with van der Waals surface area (Å²) in [6.45, 7) is 0.823. The van der Waals surface area contributed by atoms with Gasteiger partial charge < -0.3 is 20.1 Å². The summed E-state index contributed by atoms with van der Waals surface area (Å²) in [4.78, 5) is 34.4. The number of rotatable bonds is 3. The fourth-order valence-electron chi connectivity index (χ4n) is 1.89. The Morgan fingerprint density at radius 1 is 1.56 bits per heavy atom. The van der Waals surface area contributed by atoms with Crippen LogP contribution in [-0.2, 0) is 14.3 Å². The molecular formula is C9H12N2O5. The van der Waals surface area contributed by atoms with Crippen LogP contribution >= 0.6 is 0 Å². The van der Waals surface area contributed by atoms with Gasteiger partial charge in [0, 0.05) is 13.0 Å². The van der Waals surface area contributed by atoms with Crippen molar-refractivity contribution in [2.75, 3.05) is 19.6 Å². The van der Waals surface area contributed by atoms with Gasteiger partial charge in [-0.1, -0.05) is 0 Å². The average molecular weight is 228 g/mol. The van der Waals surface area contributed by atoms with Gasteiger partial charge in [-0.3, -0.25) is 9.59 Å². The van der Waals surface area contributed by atoms with Gasteiger partial charge in [0.05, 0.1) is 19.0 Å². The van der Waals surface area contributed by atoms with Crippen molar-refractivity contribution in [3.05, 3.63) is 0 Å². The number of carboxylic acid groups (broad SMARTS) is 1. The van der Waals surface area contributed by atoms with Gasteiger partial charge in [-0.25, -0.2) is 4.79 Å². The highest BCUT2D eigenvalue weighted by molar-refractivity contribution is 5.86. The van der Waals surface area contributed by atoms with Crippen LogP contribution in [-0.4, -0.2) is 53.7 Å². The molecule has 88 valence electrons. The molecule has 2 rings (SSSR count). The maximum absolute atomic E-state index is 11.5. The first kappa shape index (κ1) is 10.7. The van der Waals surface area contributed by atoms with Crippen LogP contribution in [0.1, 0.15) is 6.42 Å². The third-order valence-corrected chi connectivity index (χ3v) is 2.74. The molecule has 16 heavy (non-hydrogen) atoms. The molecule has 2 saturated heterocycles. The van der Waals surface area contributed by atoms with Gasteiger partial charge in [0.15, 0.2) is 0 Å². The van der Waals surface area contributed by atoms with Crippen molar-refractivity contribution in [3.8, 4) is 0 Å². The Hall–Kier alpha value is -1.79. The van der Waals surface area contributed by atoms with Crippen LogP contribution < -0.4 is 5.32 Å². The Morgan fingerprint density at radius 3 is 2.81 bits per heavy atom. The number of carbonyl (C=O) groups excluding carboxylic acids is 2. The van der Waals surface area contributed by atoms with Gasteiger partial charge in [0.2, 0.25) is 5.91 Å². The number of nitrogens with one attached hydrogen (secondary N) is 1. The Kier molecular flexibility index (Phi) is 2.67. The lowest BCUT2D eigenvalue weighted by Gasteiger charge is -2.18. The summed E-state index contributed by atoms with van der Waals surface area (Å²) in [5.74, 6) is -1.80. The predicted molar refractivity (Wildman–Crippen MR) is 50.6 cm³/mol. The minimum atomic E-state index is -0.961. The molecule has 0 saturated carbocycles. The van der Waals surface area contributed by atoms with Crippen LogP contribution in [0.25, 0.3) is 0 Å². The third-order valence-electron chi connectivity index (χ3n) is 2.74. The zero-order valence-electron chi connectivity index (χ0n) is 8.51. The molecule has 0 aromatic carbocycles. The van der Waals surface area contributed by atoms with Crippen molar-refractivity contribution in [1.82, 2.24) is 10.2 Å². The van der Waals surface area contributed by atoms with E-state index in [2.05, 4.69) is 5.32 Å². The topological polar surface area (TPSA) is 95.9 Å². The van der Waals surface area contributed by atoms with Gasteiger partial charge in [0.25, 0.3) is 0 Å². The molecule has 0 radical (unpaired) electrons. The molecule has 0 aromatic rings. The molecule has 0 spiro atoms. The van der Waals surface area contributed by atoms with Gasteiger partial charge in [-0.05, 0) is 0 Å². The van der Waals surface area contributed by atoms with Crippen molar-refractivity contribution >= 4 is 18.0 Å². The van der Waals surface area contributed by atoms with E-state index in [-0.39, 0.29) is 31.5 Å². The molecular weight excluding hydrogens is 216 g/mol. The van der Waals surface area contributed by atoms with Crippen molar-refractivity contribution in [3.63, 3.8) is 0 Å². The number of alkyl carbamates (subject to hydrolysis) is 1. The lowest BCUT2D eigenvalue weighted by molar-refractivity contribution is -0.141. The third kappa shape index (κ3) is 2.07. The number of likely N-dealkylation sites (tertiary alicyclic amines) is 1. The molecule has 2 heterocycles. The molecule has 7 heteroatoms. The summed E-state index contributed by atoms with van der Waals surface area (Å²) in [6.07, 6.45) is -0.834. The molecule has 2 N–H and O–H groups in total. The second-order valence-corrected chi connectivity index (χ2v) is 3.95. The Labute approximate surface area is 91.3 Å². The number of hydrogen-bond donors (Lipinski definition) is 2. The number of ether oxygens (including phenoxy) is 1. The number of carbonyl (C=O) groups is 3. The van der Waals surface area contributed by atoms with Crippen LogP contribution in [0, 0.1) is 5.92 Å². The largest absolute Gasteiger partial charge is 0.481 e. The second kappa shape index (κ2) is 3.99. The zero-order valence-corrected chi connectivity index (χ0v) is 8.51.